The Morgan fingerprint density at radius 1 is 1.10 bits per heavy atom. The first-order valence-electron chi connectivity index (χ1n) is 7.16. The fraction of sp³-hybridized carbons (Fsp3) is 0.625. The van der Waals surface area contributed by atoms with Crippen LogP contribution in [0.5, 0.6) is 5.75 Å². The van der Waals surface area contributed by atoms with Crippen LogP contribution in [0.3, 0.4) is 0 Å². The zero-order valence-corrected chi connectivity index (χ0v) is 15.0. The first-order chi connectivity index (χ1) is 9.94. The van der Waals surface area contributed by atoms with E-state index in [-0.39, 0.29) is 5.54 Å². The molecule has 0 saturated heterocycles. The van der Waals surface area contributed by atoms with Crippen molar-refractivity contribution in [1.82, 2.24) is 5.32 Å². The standard InChI is InChI=1S/C16H26BrNO3/c1-16(2,3)18-12-13-6-5-7-14(17)15(13)21-11-10-20-9-8-19-4/h5-7,18H,8-12H2,1-4H3. The molecule has 1 aromatic rings. The van der Waals surface area contributed by atoms with E-state index in [1.165, 1.54) is 0 Å². The molecule has 1 rings (SSSR count). The van der Waals surface area contributed by atoms with Crippen molar-refractivity contribution in [2.75, 3.05) is 33.5 Å². The largest absolute Gasteiger partial charge is 0.490 e. The Balaban J connectivity index is 2.51. The quantitative estimate of drug-likeness (QED) is 0.686. The molecule has 0 heterocycles. The number of rotatable bonds is 9. The van der Waals surface area contributed by atoms with E-state index in [1.54, 1.807) is 7.11 Å². The number of hydrogen-bond acceptors (Lipinski definition) is 4. The van der Waals surface area contributed by atoms with Crippen LogP contribution in [0.2, 0.25) is 0 Å². The van der Waals surface area contributed by atoms with Gasteiger partial charge in [-0.05, 0) is 42.8 Å². The number of methoxy groups -OCH3 is 1. The van der Waals surface area contributed by atoms with Gasteiger partial charge in [0, 0.05) is 24.8 Å². The third kappa shape index (κ3) is 7.81. The average molecular weight is 360 g/mol. The Labute approximate surface area is 136 Å². The van der Waals surface area contributed by atoms with Crippen molar-refractivity contribution < 1.29 is 14.2 Å². The van der Waals surface area contributed by atoms with Crippen molar-refractivity contribution in [1.29, 1.82) is 0 Å². The molecular weight excluding hydrogens is 334 g/mol. The van der Waals surface area contributed by atoms with Gasteiger partial charge in [-0.2, -0.15) is 0 Å². The van der Waals surface area contributed by atoms with Gasteiger partial charge in [-0.3, -0.25) is 0 Å². The van der Waals surface area contributed by atoms with Gasteiger partial charge in [-0.25, -0.2) is 0 Å². The van der Waals surface area contributed by atoms with Gasteiger partial charge in [0.25, 0.3) is 0 Å². The van der Waals surface area contributed by atoms with Gasteiger partial charge in [0.1, 0.15) is 12.4 Å². The number of halogens is 1. The summed E-state index contributed by atoms with van der Waals surface area (Å²) in [4.78, 5) is 0. The number of hydrogen-bond donors (Lipinski definition) is 1. The van der Waals surface area contributed by atoms with Gasteiger partial charge < -0.3 is 19.5 Å². The summed E-state index contributed by atoms with van der Waals surface area (Å²) in [5.41, 5.74) is 1.21. The summed E-state index contributed by atoms with van der Waals surface area (Å²) in [6, 6.07) is 6.08. The molecule has 0 saturated carbocycles. The number of benzene rings is 1. The summed E-state index contributed by atoms with van der Waals surface area (Å²) >= 11 is 3.55. The maximum atomic E-state index is 5.86. The predicted molar refractivity (Wildman–Crippen MR) is 88.9 cm³/mol. The molecule has 0 radical (unpaired) electrons. The molecule has 0 amide bonds. The van der Waals surface area contributed by atoms with Crippen LogP contribution in [0, 0.1) is 0 Å². The Hall–Kier alpha value is -0.620. The topological polar surface area (TPSA) is 39.7 Å². The first kappa shape index (κ1) is 18.4. The molecule has 0 aromatic heterocycles. The summed E-state index contributed by atoms with van der Waals surface area (Å²) in [5.74, 6) is 0.879. The van der Waals surface area contributed by atoms with E-state index in [9.17, 15) is 0 Å². The van der Waals surface area contributed by atoms with E-state index in [4.69, 9.17) is 14.2 Å². The zero-order valence-electron chi connectivity index (χ0n) is 13.4. The first-order valence-corrected chi connectivity index (χ1v) is 7.95. The van der Waals surface area contributed by atoms with Gasteiger partial charge in [0.05, 0.1) is 24.3 Å². The molecule has 0 aliphatic heterocycles. The smallest absolute Gasteiger partial charge is 0.138 e. The highest BCUT2D eigenvalue weighted by Gasteiger charge is 2.12. The van der Waals surface area contributed by atoms with E-state index in [2.05, 4.69) is 48.1 Å². The minimum Gasteiger partial charge on any atom is -0.490 e. The Kier molecular flexibility index (Phi) is 8.26. The van der Waals surface area contributed by atoms with Crippen LogP contribution in [-0.4, -0.2) is 39.1 Å². The molecule has 0 spiro atoms. The molecule has 4 nitrogen and oxygen atoms in total. The van der Waals surface area contributed by atoms with Crippen LogP contribution < -0.4 is 10.1 Å². The fourth-order valence-corrected chi connectivity index (χ4v) is 2.18. The molecule has 0 aliphatic carbocycles. The normalized spacial score (nSPS) is 11.7. The highest BCUT2D eigenvalue weighted by Crippen LogP contribution is 2.29. The van der Waals surface area contributed by atoms with Crippen LogP contribution in [0.4, 0.5) is 0 Å². The van der Waals surface area contributed by atoms with E-state index >= 15 is 0 Å². The zero-order chi connectivity index (χ0) is 15.7. The van der Waals surface area contributed by atoms with Crippen molar-refractivity contribution in [2.24, 2.45) is 0 Å². The molecule has 5 heteroatoms. The molecule has 0 aliphatic rings. The van der Waals surface area contributed by atoms with Crippen molar-refractivity contribution in [3.05, 3.63) is 28.2 Å². The van der Waals surface area contributed by atoms with Crippen molar-refractivity contribution in [2.45, 2.75) is 32.9 Å². The minimum absolute atomic E-state index is 0.0723. The van der Waals surface area contributed by atoms with Gasteiger partial charge in [0.15, 0.2) is 0 Å². The van der Waals surface area contributed by atoms with Gasteiger partial charge in [-0.1, -0.05) is 12.1 Å². The average Bonchev–Trinajstić information content (AvgIpc) is 2.41. The monoisotopic (exact) mass is 359 g/mol. The summed E-state index contributed by atoms with van der Waals surface area (Å²) in [6.07, 6.45) is 0. The SMILES string of the molecule is COCCOCCOc1c(Br)cccc1CNC(C)(C)C. The van der Waals surface area contributed by atoms with Crippen LogP contribution in [0.25, 0.3) is 0 Å². The lowest BCUT2D eigenvalue weighted by Crippen LogP contribution is -2.35. The molecule has 0 atom stereocenters. The van der Waals surface area contributed by atoms with E-state index in [1.807, 2.05) is 12.1 Å². The second-order valence-electron chi connectivity index (χ2n) is 5.79. The third-order valence-electron chi connectivity index (χ3n) is 2.76. The number of nitrogens with one attached hydrogen (secondary N) is 1. The maximum absolute atomic E-state index is 5.86. The van der Waals surface area contributed by atoms with Gasteiger partial charge >= 0.3 is 0 Å². The van der Waals surface area contributed by atoms with E-state index in [0.29, 0.717) is 26.4 Å². The van der Waals surface area contributed by atoms with E-state index < -0.39 is 0 Å². The van der Waals surface area contributed by atoms with Crippen LogP contribution >= 0.6 is 15.9 Å². The molecule has 21 heavy (non-hydrogen) atoms. The lowest BCUT2D eigenvalue weighted by atomic mass is 10.1. The summed E-state index contributed by atoms with van der Waals surface area (Å²) in [7, 11) is 1.66. The van der Waals surface area contributed by atoms with E-state index in [0.717, 1.165) is 22.3 Å². The summed E-state index contributed by atoms with van der Waals surface area (Å²) in [5, 5.41) is 3.48. The Morgan fingerprint density at radius 2 is 1.81 bits per heavy atom. The predicted octanol–water partition coefficient (Wildman–Crippen LogP) is 3.38. The lowest BCUT2D eigenvalue weighted by molar-refractivity contribution is 0.0541. The number of ether oxygens (including phenoxy) is 3. The number of para-hydroxylation sites is 1. The second kappa shape index (κ2) is 9.41. The molecule has 0 unspecified atom stereocenters. The lowest BCUT2D eigenvalue weighted by Gasteiger charge is -2.22. The van der Waals surface area contributed by atoms with Gasteiger partial charge in [0.2, 0.25) is 0 Å². The van der Waals surface area contributed by atoms with Gasteiger partial charge in [-0.15, -0.1) is 0 Å². The summed E-state index contributed by atoms with van der Waals surface area (Å²) in [6.45, 7) is 9.48. The maximum Gasteiger partial charge on any atom is 0.138 e. The molecule has 0 fully saturated rings. The van der Waals surface area contributed by atoms with Crippen LogP contribution in [0.15, 0.2) is 22.7 Å². The van der Waals surface area contributed by atoms with Crippen LogP contribution in [0.1, 0.15) is 26.3 Å². The molecule has 0 bridgehead atoms. The van der Waals surface area contributed by atoms with Crippen molar-refractivity contribution in [3.8, 4) is 5.75 Å². The minimum atomic E-state index is 0.0723. The Bertz CT molecular complexity index is 418. The molecule has 1 N–H and O–H groups in total. The fourth-order valence-electron chi connectivity index (χ4n) is 1.66. The van der Waals surface area contributed by atoms with Crippen LogP contribution in [-0.2, 0) is 16.0 Å². The van der Waals surface area contributed by atoms with Crippen molar-refractivity contribution in [3.63, 3.8) is 0 Å². The summed E-state index contributed by atoms with van der Waals surface area (Å²) < 4.78 is 17.2. The molecular formula is C16H26BrNO3. The Morgan fingerprint density at radius 3 is 2.48 bits per heavy atom. The highest BCUT2D eigenvalue weighted by molar-refractivity contribution is 9.10. The van der Waals surface area contributed by atoms with Crippen molar-refractivity contribution >= 4 is 15.9 Å². The molecule has 120 valence electrons. The second-order valence-corrected chi connectivity index (χ2v) is 6.64. The molecule has 1 aromatic carbocycles. The third-order valence-corrected chi connectivity index (χ3v) is 3.39. The highest BCUT2D eigenvalue weighted by atomic mass is 79.9.